The summed E-state index contributed by atoms with van der Waals surface area (Å²) < 4.78 is 44.4. The summed E-state index contributed by atoms with van der Waals surface area (Å²) in [7, 11) is 0. The first-order valence-corrected chi connectivity index (χ1v) is 9.34. The highest BCUT2D eigenvalue weighted by atomic mass is 35.5. The van der Waals surface area contributed by atoms with Gasteiger partial charge in [0.2, 0.25) is 0 Å². The van der Waals surface area contributed by atoms with E-state index in [-0.39, 0.29) is 28.2 Å². The summed E-state index contributed by atoms with van der Waals surface area (Å²) in [5.74, 6) is -1.99. The number of aryl methyl sites for hydroxylation is 2. The number of benzene rings is 2. The first-order chi connectivity index (χ1) is 14.2. The number of halogens is 4. The standard InChI is InChI=1S/C22H15ClF3N3O/c1-11-3-5-14(24)17(7-11)27-20-10-19(30)13-9-16(26)21(23)28-22(13)29(20)18-8-12(2)4-6-15(18)25/h3-10,27H,1-2H3. The fourth-order valence-corrected chi connectivity index (χ4v) is 3.33. The highest BCUT2D eigenvalue weighted by molar-refractivity contribution is 6.29. The van der Waals surface area contributed by atoms with E-state index in [2.05, 4.69) is 10.3 Å². The lowest BCUT2D eigenvalue weighted by Gasteiger charge is -2.19. The molecular weight excluding hydrogens is 415 g/mol. The smallest absolute Gasteiger partial charge is 0.193 e. The quantitative estimate of drug-likeness (QED) is 0.418. The van der Waals surface area contributed by atoms with Crippen LogP contribution >= 0.6 is 11.6 Å². The number of anilines is 2. The molecule has 0 amide bonds. The van der Waals surface area contributed by atoms with Gasteiger partial charge in [0.1, 0.15) is 17.5 Å². The van der Waals surface area contributed by atoms with Crippen molar-refractivity contribution in [2.75, 3.05) is 5.32 Å². The summed E-state index contributed by atoms with van der Waals surface area (Å²) in [4.78, 5) is 16.6. The van der Waals surface area contributed by atoms with E-state index in [1.165, 1.54) is 22.8 Å². The Bertz CT molecular complexity index is 1370. The zero-order valence-electron chi connectivity index (χ0n) is 15.9. The van der Waals surface area contributed by atoms with Crippen LogP contribution in [0.3, 0.4) is 0 Å². The maximum absolute atomic E-state index is 14.8. The van der Waals surface area contributed by atoms with Crippen molar-refractivity contribution in [3.63, 3.8) is 0 Å². The maximum Gasteiger partial charge on any atom is 0.193 e. The first kappa shape index (κ1) is 20.0. The molecule has 1 N–H and O–H groups in total. The van der Waals surface area contributed by atoms with Crippen LogP contribution in [0.25, 0.3) is 16.7 Å². The molecule has 4 rings (SSSR count). The molecule has 30 heavy (non-hydrogen) atoms. The molecule has 4 aromatic rings. The average molecular weight is 430 g/mol. The Morgan fingerprint density at radius 2 is 1.57 bits per heavy atom. The largest absolute Gasteiger partial charge is 0.339 e. The molecule has 0 radical (unpaired) electrons. The van der Waals surface area contributed by atoms with Crippen molar-refractivity contribution in [2.24, 2.45) is 0 Å². The van der Waals surface area contributed by atoms with Gasteiger partial charge in [-0.15, -0.1) is 0 Å². The Kier molecular flexibility index (Phi) is 4.99. The molecule has 2 aromatic heterocycles. The molecule has 2 aromatic carbocycles. The van der Waals surface area contributed by atoms with Gasteiger partial charge in [0.05, 0.1) is 16.8 Å². The number of nitrogens with one attached hydrogen (secondary N) is 1. The predicted molar refractivity (Wildman–Crippen MR) is 111 cm³/mol. The highest BCUT2D eigenvalue weighted by Crippen LogP contribution is 2.29. The number of hydrogen-bond acceptors (Lipinski definition) is 3. The number of hydrogen-bond donors (Lipinski definition) is 1. The molecule has 2 heterocycles. The highest BCUT2D eigenvalue weighted by Gasteiger charge is 2.18. The van der Waals surface area contributed by atoms with Gasteiger partial charge in [-0.1, -0.05) is 23.7 Å². The van der Waals surface area contributed by atoms with Crippen molar-refractivity contribution in [1.29, 1.82) is 0 Å². The minimum absolute atomic E-state index is 0.0470. The van der Waals surface area contributed by atoms with Gasteiger partial charge in [-0.05, 0) is 55.3 Å². The minimum atomic E-state index is -0.872. The maximum atomic E-state index is 14.8. The van der Waals surface area contributed by atoms with Gasteiger partial charge in [-0.2, -0.15) is 0 Å². The monoisotopic (exact) mass is 429 g/mol. The third kappa shape index (κ3) is 3.52. The van der Waals surface area contributed by atoms with Gasteiger partial charge in [-0.3, -0.25) is 9.36 Å². The number of aromatic nitrogens is 2. The van der Waals surface area contributed by atoms with E-state index in [0.29, 0.717) is 0 Å². The molecule has 0 spiro atoms. The lowest BCUT2D eigenvalue weighted by Crippen LogP contribution is -2.15. The second-order valence-corrected chi connectivity index (χ2v) is 7.28. The van der Waals surface area contributed by atoms with Crippen LogP contribution in [-0.2, 0) is 0 Å². The predicted octanol–water partition coefficient (Wildman–Crippen LogP) is 5.82. The van der Waals surface area contributed by atoms with Gasteiger partial charge in [-0.25, -0.2) is 18.2 Å². The van der Waals surface area contributed by atoms with Gasteiger partial charge < -0.3 is 5.32 Å². The number of nitrogens with zero attached hydrogens (tertiary/aromatic N) is 2. The molecular formula is C22H15ClF3N3O. The van der Waals surface area contributed by atoms with Crippen molar-refractivity contribution < 1.29 is 13.2 Å². The molecule has 0 aliphatic heterocycles. The summed E-state index contributed by atoms with van der Waals surface area (Å²) >= 11 is 5.85. The fourth-order valence-electron chi connectivity index (χ4n) is 3.19. The van der Waals surface area contributed by atoms with Crippen LogP contribution in [0, 0.1) is 31.3 Å². The van der Waals surface area contributed by atoms with E-state index >= 15 is 0 Å². The lowest BCUT2D eigenvalue weighted by molar-refractivity contribution is 0.617. The number of pyridine rings is 2. The zero-order valence-corrected chi connectivity index (χ0v) is 16.7. The molecule has 0 bridgehead atoms. The normalized spacial score (nSPS) is 11.1. The van der Waals surface area contributed by atoms with Crippen LogP contribution < -0.4 is 10.7 Å². The summed E-state index contributed by atoms with van der Waals surface area (Å²) in [6, 6.07) is 10.9. The van der Waals surface area contributed by atoms with Crippen molar-refractivity contribution in [1.82, 2.24) is 9.55 Å². The molecule has 0 aliphatic carbocycles. The van der Waals surface area contributed by atoms with Gasteiger partial charge in [0.25, 0.3) is 0 Å². The summed E-state index contributed by atoms with van der Waals surface area (Å²) in [5, 5.41) is 2.28. The second kappa shape index (κ2) is 7.50. The molecule has 152 valence electrons. The van der Waals surface area contributed by atoms with Gasteiger partial charge in [0.15, 0.2) is 22.0 Å². The Morgan fingerprint density at radius 1 is 0.900 bits per heavy atom. The Labute approximate surface area is 174 Å². The fraction of sp³-hybridized carbons (Fsp3) is 0.0909. The Morgan fingerprint density at radius 3 is 2.30 bits per heavy atom. The van der Waals surface area contributed by atoms with E-state index < -0.39 is 28.0 Å². The van der Waals surface area contributed by atoms with Crippen LogP contribution in [0.4, 0.5) is 24.7 Å². The molecule has 8 heteroatoms. The molecule has 0 fully saturated rings. The van der Waals surface area contributed by atoms with E-state index in [9.17, 15) is 18.0 Å². The van der Waals surface area contributed by atoms with Gasteiger partial charge >= 0.3 is 0 Å². The molecule has 0 aliphatic rings. The van der Waals surface area contributed by atoms with E-state index in [4.69, 9.17) is 11.6 Å². The van der Waals surface area contributed by atoms with Crippen molar-refractivity contribution in [3.05, 3.63) is 92.5 Å². The molecule has 0 saturated carbocycles. The third-order valence-corrected chi connectivity index (χ3v) is 4.89. The Hall–Kier alpha value is -3.32. The second-order valence-electron chi connectivity index (χ2n) is 6.92. The number of fused-ring (bicyclic) bond motifs is 1. The summed E-state index contributed by atoms with van der Waals surface area (Å²) in [6.07, 6.45) is 0. The summed E-state index contributed by atoms with van der Waals surface area (Å²) in [5.41, 5.74) is 1.01. The lowest BCUT2D eigenvalue weighted by atomic mass is 10.1. The van der Waals surface area contributed by atoms with Crippen LogP contribution in [0.2, 0.25) is 5.15 Å². The van der Waals surface area contributed by atoms with Crippen LogP contribution in [-0.4, -0.2) is 9.55 Å². The zero-order chi connectivity index (χ0) is 21.6. The van der Waals surface area contributed by atoms with Gasteiger partial charge in [0, 0.05) is 6.07 Å². The molecule has 4 nitrogen and oxygen atoms in total. The molecule has 0 unspecified atom stereocenters. The van der Waals surface area contributed by atoms with E-state index in [1.807, 2.05) is 0 Å². The minimum Gasteiger partial charge on any atom is -0.339 e. The van der Waals surface area contributed by atoms with Crippen molar-refractivity contribution >= 4 is 34.1 Å². The van der Waals surface area contributed by atoms with Crippen LogP contribution in [0.15, 0.2) is 53.3 Å². The van der Waals surface area contributed by atoms with Crippen molar-refractivity contribution in [3.8, 4) is 5.69 Å². The first-order valence-electron chi connectivity index (χ1n) is 8.96. The topological polar surface area (TPSA) is 46.9 Å². The third-order valence-electron chi connectivity index (χ3n) is 4.63. The van der Waals surface area contributed by atoms with E-state index in [1.54, 1.807) is 32.0 Å². The SMILES string of the molecule is Cc1ccc(F)c(Nc2cc(=O)c3cc(F)c(Cl)nc3n2-c2cc(C)ccc2F)c1. The van der Waals surface area contributed by atoms with Crippen LogP contribution in [0.5, 0.6) is 0 Å². The van der Waals surface area contributed by atoms with Crippen LogP contribution in [0.1, 0.15) is 11.1 Å². The van der Waals surface area contributed by atoms with Crippen molar-refractivity contribution in [2.45, 2.75) is 13.8 Å². The number of rotatable bonds is 3. The molecule has 0 saturated heterocycles. The average Bonchev–Trinajstić information content (AvgIpc) is 2.69. The Balaban J connectivity index is 2.09. The van der Waals surface area contributed by atoms with E-state index in [0.717, 1.165) is 23.3 Å². The summed E-state index contributed by atoms with van der Waals surface area (Å²) in [6.45, 7) is 3.55. The molecule has 0 atom stereocenters.